The van der Waals surface area contributed by atoms with Gasteiger partial charge in [0.25, 0.3) is 5.91 Å². The second-order valence-electron chi connectivity index (χ2n) is 6.07. The molecular weight excluding hydrogens is 356 g/mol. The minimum absolute atomic E-state index is 0.122. The Hall–Kier alpha value is -3.16. The smallest absolute Gasteiger partial charge is 0.387 e. The quantitative estimate of drug-likeness (QED) is 0.870. The summed E-state index contributed by atoms with van der Waals surface area (Å²) in [6.07, 6.45) is 0. The summed E-state index contributed by atoms with van der Waals surface area (Å²) in [5.41, 5.74) is 6.72. The van der Waals surface area contributed by atoms with Gasteiger partial charge in [-0.05, 0) is 36.4 Å². The van der Waals surface area contributed by atoms with Gasteiger partial charge in [-0.15, -0.1) is 0 Å². The summed E-state index contributed by atoms with van der Waals surface area (Å²) in [5.74, 6) is -0.946. The van der Waals surface area contributed by atoms with Gasteiger partial charge in [0, 0.05) is 37.4 Å². The number of piperazine rings is 1. The third-order valence-corrected chi connectivity index (χ3v) is 4.42. The zero-order valence-electron chi connectivity index (χ0n) is 14.5. The number of rotatable bonds is 5. The number of anilines is 1. The zero-order chi connectivity index (χ0) is 19.4. The molecule has 0 aliphatic carbocycles. The van der Waals surface area contributed by atoms with Gasteiger partial charge in [-0.2, -0.15) is 8.78 Å². The van der Waals surface area contributed by atoms with E-state index in [1.54, 1.807) is 29.2 Å². The molecule has 8 heteroatoms. The summed E-state index contributed by atoms with van der Waals surface area (Å²) in [6.45, 7) is -0.933. The average molecular weight is 375 g/mol. The normalized spacial score (nSPS) is 14.3. The molecule has 0 atom stereocenters. The Bertz CT molecular complexity index is 819. The minimum atomic E-state index is -2.99. The summed E-state index contributed by atoms with van der Waals surface area (Å²) in [7, 11) is 0. The summed E-state index contributed by atoms with van der Waals surface area (Å²) in [6, 6.07) is 12.9. The van der Waals surface area contributed by atoms with E-state index in [-0.39, 0.29) is 17.2 Å². The highest BCUT2D eigenvalue weighted by Gasteiger charge is 2.25. The van der Waals surface area contributed by atoms with Gasteiger partial charge in [-0.25, -0.2) is 0 Å². The van der Waals surface area contributed by atoms with Crippen LogP contribution in [-0.4, -0.2) is 49.5 Å². The molecule has 6 nitrogen and oxygen atoms in total. The lowest BCUT2D eigenvalue weighted by molar-refractivity contribution is -0.0502. The van der Waals surface area contributed by atoms with E-state index in [2.05, 4.69) is 9.64 Å². The van der Waals surface area contributed by atoms with E-state index in [1.807, 2.05) is 12.1 Å². The van der Waals surface area contributed by atoms with Gasteiger partial charge in [0.05, 0.1) is 5.56 Å². The number of ether oxygens (including phenoxy) is 1. The number of nitrogens with zero attached hydrogens (tertiary/aromatic N) is 2. The Balaban J connectivity index is 1.65. The van der Waals surface area contributed by atoms with E-state index in [9.17, 15) is 18.4 Å². The van der Waals surface area contributed by atoms with Crippen molar-refractivity contribution in [3.63, 3.8) is 0 Å². The van der Waals surface area contributed by atoms with E-state index < -0.39 is 12.5 Å². The molecular formula is C19H19F2N3O3. The number of primary amides is 1. The Morgan fingerprint density at radius 2 is 1.59 bits per heavy atom. The first-order valence-corrected chi connectivity index (χ1v) is 8.43. The summed E-state index contributed by atoms with van der Waals surface area (Å²) >= 11 is 0. The van der Waals surface area contributed by atoms with Gasteiger partial charge in [0.1, 0.15) is 5.75 Å². The highest BCUT2D eigenvalue weighted by molar-refractivity contribution is 5.97. The number of para-hydroxylation sites is 1. The molecule has 1 saturated heterocycles. The Labute approximate surface area is 155 Å². The first kappa shape index (κ1) is 18.6. The molecule has 0 saturated carbocycles. The van der Waals surface area contributed by atoms with Gasteiger partial charge < -0.3 is 20.3 Å². The van der Waals surface area contributed by atoms with Crippen LogP contribution in [0.3, 0.4) is 0 Å². The summed E-state index contributed by atoms with van der Waals surface area (Å²) in [5, 5.41) is 0. The van der Waals surface area contributed by atoms with E-state index in [0.29, 0.717) is 31.7 Å². The first-order valence-electron chi connectivity index (χ1n) is 8.43. The SMILES string of the molecule is NC(=O)c1ccc(N2CCN(C(=O)c3ccccc3OC(F)F)CC2)cc1. The van der Waals surface area contributed by atoms with E-state index in [4.69, 9.17) is 5.73 Å². The third kappa shape index (κ3) is 4.33. The van der Waals surface area contributed by atoms with Gasteiger partial charge in [-0.1, -0.05) is 12.1 Å². The van der Waals surface area contributed by atoms with Crippen LogP contribution in [0.4, 0.5) is 14.5 Å². The molecule has 0 aromatic heterocycles. The number of alkyl halides is 2. The number of benzene rings is 2. The number of hydrogen-bond donors (Lipinski definition) is 1. The molecule has 0 unspecified atom stereocenters. The van der Waals surface area contributed by atoms with Crippen LogP contribution >= 0.6 is 0 Å². The van der Waals surface area contributed by atoms with Crippen LogP contribution < -0.4 is 15.4 Å². The molecule has 0 bridgehead atoms. The third-order valence-electron chi connectivity index (χ3n) is 4.42. The molecule has 3 rings (SSSR count). The molecule has 1 fully saturated rings. The van der Waals surface area contributed by atoms with E-state index in [0.717, 1.165) is 5.69 Å². The van der Waals surface area contributed by atoms with E-state index in [1.165, 1.54) is 12.1 Å². The second kappa shape index (κ2) is 8.03. The van der Waals surface area contributed by atoms with Crippen molar-refractivity contribution >= 4 is 17.5 Å². The number of nitrogens with two attached hydrogens (primary N) is 1. The average Bonchev–Trinajstić information content (AvgIpc) is 2.68. The zero-order valence-corrected chi connectivity index (χ0v) is 14.5. The van der Waals surface area contributed by atoms with Crippen LogP contribution in [0.25, 0.3) is 0 Å². The van der Waals surface area contributed by atoms with Crippen molar-refractivity contribution in [2.45, 2.75) is 6.61 Å². The Kier molecular flexibility index (Phi) is 5.54. The lowest BCUT2D eigenvalue weighted by atomic mass is 10.1. The number of carbonyl (C=O) groups excluding carboxylic acids is 2. The molecule has 1 heterocycles. The molecule has 0 spiro atoms. The predicted molar refractivity (Wildman–Crippen MR) is 96.2 cm³/mol. The molecule has 142 valence electrons. The molecule has 2 aromatic rings. The molecule has 1 aliphatic rings. The number of hydrogen-bond acceptors (Lipinski definition) is 4. The van der Waals surface area contributed by atoms with Crippen molar-refractivity contribution < 1.29 is 23.1 Å². The molecule has 1 aliphatic heterocycles. The van der Waals surface area contributed by atoms with Gasteiger partial charge in [-0.3, -0.25) is 9.59 Å². The summed E-state index contributed by atoms with van der Waals surface area (Å²) in [4.78, 5) is 27.5. The molecule has 2 aromatic carbocycles. The van der Waals surface area contributed by atoms with Crippen molar-refractivity contribution in [2.24, 2.45) is 5.73 Å². The number of halogens is 2. The fourth-order valence-electron chi connectivity index (χ4n) is 3.02. The number of amides is 2. The molecule has 0 radical (unpaired) electrons. The van der Waals surface area contributed by atoms with Crippen LogP contribution in [0.1, 0.15) is 20.7 Å². The van der Waals surface area contributed by atoms with Crippen LogP contribution in [0.15, 0.2) is 48.5 Å². The van der Waals surface area contributed by atoms with Gasteiger partial charge in [0.2, 0.25) is 5.91 Å². The highest BCUT2D eigenvalue weighted by atomic mass is 19.3. The minimum Gasteiger partial charge on any atom is -0.434 e. The molecule has 2 amide bonds. The molecule has 27 heavy (non-hydrogen) atoms. The van der Waals surface area contributed by atoms with Gasteiger partial charge in [0.15, 0.2) is 0 Å². The maximum absolute atomic E-state index is 12.7. The maximum Gasteiger partial charge on any atom is 0.387 e. The van der Waals surface area contributed by atoms with Crippen LogP contribution in [0, 0.1) is 0 Å². The maximum atomic E-state index is 12.7. The Morgan fingerprint density at radius 3 is 2.19 bits per heavy atom. The summed E-state index contributed by atoms with van der Waals surface area (Å²) < 4.78 is 29.5. The standard InChI is InChI=1S/C19H19F2N3O3/c20-19(21)27-16-4-2-1-3-15(16)18(26)24-11-9-23(10-12-24)14-7-5-13(6-8-14)17(22)25/h1-8,19H,9-12H2,(H2,22,25). The monoisotopic (exact) mass is 375 g/mol. The topological polar surface area (TPSA) is 75.9 Å². The fourth-order valence-corrected chi connectivity index (χ4v) is 3.02. The van der Waals surface area contributed by atoms with Gasteiger partial charge >= 0.3 is 6.61 Å². The molecule has 2 N–H and O–H groups in total. The van der Waals surface area contributed by atoms with Crippen LogP contribution in [0.2, 0.25) is 0 Å². The van der Waals surface area contributed by atoms with Crippen molar-refractivity contribution in [1.29, 1.82) is 0 Å². The lowest BCUT2D eigenvalue weighted by Crippen LogP contribution is -2.48. The van der Waals surface area contributed by atoms with Crippen LogP contribution in [-0.2, 0) is 0 Å². The predicted octanol–water partition coefficient (Wildman–Crippen LogP) is 2.35. The lowest BCUT2D eigenvalue weighted by Gasteiger charge is -2.36. The largest absolute Gasteiger partial charge is 0.434 e. The highest BCUT2D eigenvalue weighted by Crippen LogP contribution is 2.23. The van der Waals surface area contributed by atoms with Crippen molar-refractivity contribution in [1.82, 2.24) is 4.90 Å². The van der Waals surface area contributed by atoms with Crippen molar-refractivity contribution in [3.05, 3.63) is 59.7 Å². The fraction of sp³-hybridized carbons (Fsp3) is 0.263. The van der Waals surface area contributed by atoms with E-state index >= 15 is 0 Å². The second-order valence-corrected chi connectivity index (χ2v) is 6.07. The van der Waals surface area contributed by atoms with Crippen molar-refractivity contribution in [3.8, 4) is 5.75 Å². The Morgan fingerprint density at radius 1 is 0.963 bits per heavy atom. The van der Waals surface area contributed by atoms with Crippen molar-refractivity contribution in [2.75, 3.05) is 31.1 Å². The van der Waals surface area contributed by atoms with Crippen LogP contribution in [0.5, 0.6) is 5.75 Å². The first-order chi connectivity index (χ1) is 13.0. The number of carbonyl (C=O) groups is 2.